The van der Waals surface area contributed by atoms with Crippen molar-refractivity contribution in [3.63, 3.8) is 0 Å². The number of hydrogen-bond donors (Lipinski definition) is 0. The van der Waals surface area contributed by atoms with Crippen LogP contribution >= 0.6 is 0 Å². The smallest absolute Gasteiger partial charge is 0.0888 e. The summed E-state index contributed by atoms with van der Waals surface area (Å²) in [7, 11) is 0. The highest BCUT2D eigenvalue weighted by Gasteiger charge is 2.73. The van der Waals surface area contributed by atoms with Crippen LogP contribution in [0.2, 0.25) is 0 Å². The Morgan fingerprint density at radius 3 is 2.60 bits per heavy atom. The fourth-order valence-corrected chi connectivity index (χ4v) is 2.55. The molecule has 1 unspecified atom stereocenters. The molecule has 3 rings (SSSR count). The van der Waals surface area contributed by atoms with Gasteiger partial charge in [-0.2, -0.15) is 0 Å². The molecular weight excluding hydrogens is 184 g/mol. The first-order valence-electron chi connectivity index (χ1n) is 5.64. The fourth-order valence-electron chi connectivity index (χ4n) is 2.55. The van der Waals surface area contributed by atoms with Crippen molar-refractivity contribution in [2.45, 2.75) is 18.9 Å². The largest absolute Gasteiger partial charge is 0.369 e. The van der Waals surface area contributed by atoms with Crippen molar-refractivity contribution in [3.8, 4) is 0 Å². The summed E-state index contributed by atoms with van der Waals surface area (Å²) in [5, 5.41) is 0. The van der Waals surface area contributed by atoms with Gasteiger partial charge in [0.25, 0.3) is 0 Å². The zero-order valence-electron chi connectivity index (χ0n) is 8.86. The van der Waals surface area contributed by atoms with Crippen LogP contribution in [0.5, 0.6) is 0 Å². The predicted octanol–water partition coefficient (Wildman–Crippen LogP) is 3.34. The van der Waals surface area contributed by atoms with Crippen LogP contribution in [0.15, 0.2) is 43.0 Å². The van der Waals surface area contributed by atoms with Crippen LogP contribution < -0.4 is 0 Å². The van der Waals surface area contributed by atoms with E-state index in [2.05, 4.69) is 36.9 Å². The van der Waals surface area contributed by atoms with E-state index in [-0.39, 0.29) is 0 Å². The first-order valence-corrected chi connectivity index (χ1v) is 5.64. The summed E-state index contributed by atoms with van der Waals surface area (Å²) < 4.78 is 5.93. The van der Waals surface area contributed by atoms with Gasteiger partial charge in [-0.05, 0) is 24.3 Å². The molecule has 0 radical (unpaired) electrons. The third-order valence-corrected chi connectivity index (χ3v) is 3.75. The van der Waals surface area contributed by atoms with E-state index < -0.39 is 0 Å². The number of ether oxygens (including phenoxy) is 1. The molecule has 0 bridgehead atoms. The van der Waals surface area contributed by atoms with E-state index in [1.807, 2.05) is 6.08 Å². The van der Waals surface area contributed by atoms with E-state index in [1.54, 1.807) is 0 Å². The Balaban J connectivity index is 1.81. The maximum absolute atomic E-state index is 5.93. The van der Waals surface area contributed by atoms with Gasteiger partial charge in [-0.3, -0.25) is 0 Å². The van der Waals surface area contributed by atoms with Gasteiger partial charge >= 0.3 is 0 Å². The van der Waals surface area contributed by atoms with Crippen molar-refractivity contribution < 1.29 is 4.74 Å². The first-order chi connectivity index (χ1) is 7.37. The summed E-state index contributed by atoms with van der Waals surface area (Å²) in [6.45, 7) is 4.38. The molecule has 2 aliphatic rings. The summed E-state index contributed by atoms with van der Waals surface area (Å²) >= 11 is 0. The number of rotatable bonds is 5. The van der Waals surface area contributed by atoms with Gasteiger partial charge in [0, 0.05) is 5.41 Å². The zero-order valence-corrected chi connectivity index (χ0v) is 8.86. The average Bonchev–Trinajstić information content (AvgIpc) is 3.09. The molecule has 1 nitrogen and oxygen atoms in total. The number of benzene rings is 1. The quantitative estimate of drug-likeness (QED) is 0.662. The average molecular weight is 200 g/mol. The van der Waals surface area contributed by atoms with E-state index >= 15 is 0 Å². The van der Waals surface area contributed by atoms with Gasteiger partial charge in [0.1, 0.15) is 0 Å². The molecular formula is C14H16O. The van der Waals surface area contributed by atoms with Crippen LogP contribution in [-0.4, -0.2) is 6.61 Å². The van der Waals surface area contributed by atoms with E-state index in [0.717, 1.165) is 5.92 Å². The Morgan fingerprint density at radius 1 is 1.40 bits per heavy atom. The summed E-state index contributed by atoms with van der Waals surface area (Å²) in [4.78, 5) is 0. The van der Waals surface area contributed by atoms with E-state index in [1.165, 1.54) is 18.4 Å². The Hall–Kier alpha value is -1.08. The lowest BCUT2D eigenvalue weighted by atomic mass is 9.99. The van der Waals surface area contributed by atoms with Gasteiger partial charge in [0.2, 0.25) is 0 Å². The van der Waals surface area contributed by atoms with Crippen LogP contribution in [0.1, 0.15) is 24.5 Å². The SMILES string of the molecule is C=CCOC(c1ccccc1)C12CC1C2. The van der Waals surface area contributed by atoms with Crippen LogP contribution in [0, 0.1) is 11.3 Å². The van der Waals surface area contributed by atoms with E-state index in [9.17, 15) is 0 Å². The van der Waals surface area contributed by atoms with Gasteiger partial charge in [0.05, 0.1) is 12.7 Å². The lowest BCUT2D eigenvalue weighted by Gasteiger charge is -2.20. The molecule has 1 atom stereocenters. The molecule has 0 heterocycles. The molecule has 78 valence electrons. The molecule has 1 aromatic rings. The maximum atomic E-state index is 5.93. The van der Waals surface area contributed by atoms with Gasteiger partial charge in [-0.15, -0.1) is 6.58 Å². The normalized spacial score (nSPS) is 32.9. The second-order valence-corrected chi connectivity index (χ2v) is 4.75. The monoisotopic (exact) mass is 200 g/mol. The minimum absolute atomic E-state index is 0.307. The molecule has 0 aliphatic heterocycles. The Kier molecular flexibility index (Phi) is 1.96. The van der Waals surface area contributed by atoms with Gasteiger partial charge in [-0.25, -0.2) is 0 Å². The molecule has 0 aromatic heterocycles. The third-order valence-electron chi connectivity index (χ3n) is 3.75. The molecule has 0 saturated heterocycles. The van der Waals surface area contributed by atoms with Crippen molar-refractivity contribution in [1.82, 2.24) is 0 Å². The molecule has 1 aromatic carbocycles. The standard InChI is InChI=1S/C14H16O/c1-2-8-15-13(14-9-12(14)10-14)11-6-4-3-5-7-11/h2-7,12-13H,1,8-10H2. The summed E-state index contributed by atoms with van der Waals surface area (Å²) in [5.74, 6) is 0.951. The Bertz CT molecular complexity index is 362. The van der Waals surface area contributed by atoms with Crippen LogP contribution in [0.4, 0.5) is 0 Å². The lowest BCUT2D eigenvalue weighted by Crippen LogP contribution is -2.11. The second-order valence-electron chi connectivity index (χ2n) is 4.75. The molecule has 0 amide bonds. The second kappa shape index (κ2) is 3.21. The molecule has 2 aliphatic carbocycles. The van der Waals surface area contributed by atoms with Gasteiger partial charge in [-0.1, -0.05) is 36.4 Å². The molecule has 0 N–H and O–H groups in total. The highest BCUT2D eigenvalue weighted by Crippen LogP contribution is 2.81. The van der Waals surface area contributed by atoms with Crippen LogP contribution in [0.25, 0.3) is 0 Å². The van der Waals surface area contributed by atoms with Crippen molar-refractivity contribution in [1.29, 1.82) is 0 Å². The van der Waals surface area contributed by atoms with Gasteiger partial charge < -0.3 is 4.74 Å². The Morgan fingerprint density at radius 2 is 2.07 bits per heavy atom. The van der Waals surface area contributed by atoms with Crippen molar-refractivity contribution in [3.05, 3.63) is 48.6 Å². The lowest BCUT2D eigenvalue weighted by molar-refractivity contribution is 0.0376. The zero-order chi connectivity index (χ0) is 10.3. The minimum Gasteiger partial charge on any atom is -0.369 e. The summed E-state index contributed by atoms with van der Waals surface area (Å²) in [6, 6.07) is 10.6. The van der Waals surface area contributed by atoms with Crippen molar-refractivity contribution in [2.75, 3.05) is 6.61 Å². The molecule has 15 heavy (non-hydrogen) atoms. The maximum Gasteiger partial charge on any atom is 0.0888 e. The Labute approximate surface area is 90.8 Å². The van der Waals surface area contributed by atoms with Crippen molar-refractivity contribution in [2.24, 2.45) is 11.3 Å². The predicted molar refractivity (Wildman–Crippen MR) is 60.5 cm³/mol. The highest BCUT2D eigenvalue weighted by molar-refractivity contribution is 5.31. The van der Waals surface area contributed by atoms with Crippen LogP contribution in [-0.2, 0) is 4.74 Å². The van der Waals surface area contributed by atoms with Gasteiger partial charge in [0.15, 0.2) is 0 Å². The van der Waals surface area contributed by atoms with E-state index in [0.29, 0.717) is 18.1 Å². The third kappa shape index (κ3) is 1.42. The van der Waals surface area contributed by atoms with Crippen LogP contribution in [0.3, 0.4) is 0 Å². The fraction of sp³-hybridized carbons (Fsp3) is 0.429. The summed E-state index contributed by atoms with van der Waals surface area (Å²) in [6.07, 6.45) is 4.88. The molecule has 0 spiro atoms. The molecule has 2 fully saturated rings. The topological polar surface area (TPSA) is 9.23 Å². The van der Waals surface area contributed by atoms with E-state index in [4.69, 9.17) is 4.74 Å². The number of fused-ring (bicyclic) bond motifs is 1. The summed E-state index contributed by atoms with van der Waals surface area (Å²) in [5.41, 5.74) is 1.85. The minimum atomic E-state index is 0.307. The first kappa shape index (κ1) is 9.17. The number of hydrogen-bond acceptors (Lipinski definition) is 1. The molecule has 1 heteroatoms. The highest BCUT2D eigenvalue weighted by atomic mass is 16.5. The molecule has 2 saturated carbocycles. The van der Waals surface area contributed by atoms with Crippen molar-refractivity contribution >= 4 is 0 Å².